The Morgan fingerprint density at radius 3 is 2.12 bits per heavy atom. The van der Waals surface area contributed by atoms with Crippen LogP contribution in [0.2, 0.25) is 0 Å². The van der Waals surface area contributed by atoms with E-state index in [1.807, 2.05) is 0 Å². The molecular formula is C13H30N2O2. The lowest BCUT2D eigenvalue weighted by atomic mass is 10.0. The fraction of sp³-hybridized carbons (Fsp3) is 1.00. The average molecular weight is 246 g/mol. The van der Waals surface area contributed by atoms with Gasteiger partial charge in [0.15, 0.2) is 0 Å². The zero-order valence-electron chi connectivity index (χ0n) is 11.9. The van der Waals surface area contributed by atoms with Gasteiger partial charge in [-0.2, -0.15) is 0 Å². The van der Waals surface area contributed by atoms with Crippen molar-refractivity contribution in [2.45, 2.75) is 58.2 Å². The van der Waals surface area contributed by atoms with Crippen LogP contribution in [0.25, 0.3) is 0 Å². The zero-order chi connectivity index (χ0) is 13.3. The molecule has 0 aromatic carbocycles. The average Bonchev–Trinajstić information content (AvgIpc) is 2.36. The van der Waals surface area contributed by atoms with Crippen molar-refractivity contribution in [3.05, 3.63) is 0 Å². The number of rotatable bonds is 10. The summed E-state index contributed by atoms with van der Waals surface area (Å²) in [6.07, 6.45) is 3.04. The summed E-state index contributed by atoms with van der Waals surface area (Å²) < 4.78 is 5.16. The third kappa shape index (κ3) is 5.34. The molecule has 4 nitrogen and oxygen atoms in total. The highest BCUT2D eigenvalue weighted by Gasteiger charge is 2.27. The second-order valence-electron chi connectivity index (χ2n) is 4.52. The highest BCUT2D eigenvalue weighted by Crippen LogP contribution is 2.15. The number of aliphatic hydroxyl groups is 1. The third-order valence-corrected chi connectivity index (χ3v) is 3.54. The van der Waals surface area contributed by atoms with Crippen LogP contribution in [0.15, 0.2) is 0 Å². The monoisotopic (exact) mass is 246 g/mol. The molecule has 0 heterocycles. The van der Waals surface area contributed by atoms with Gasteiger partial charge in [0.1, 0.15) is 0 Å². The van der Waals surface area contributed by atoms with Gasteiger partial charge >= 0.3 is 0 Å². The van der Waals surface area contributed by atoms with Gasteiger partial charge in [-0.3, -0.25) is 4.90 Å². The van der Waals surface area contributed by atoms with E-state index in [9.17, 15) is 5.11 Å². The van der Waals surface area contributed by atoms with Crippen LogP contribution in [-0.2, 0) is 4.74 Å². The molecule has 17 heavy (non-hydrogen) atoms. The van der Waals surface area contributed by atoms with Crippen molar-refractivity contribution in [3.8, 4) is 0 Å². The topological polar surface area (TPSA) is 58.7 Å². The Morgan fingerprint density at radius 2 is 1.76 bits per heavy atom. The predicted molar refractivity (Wildman–Crippen MR) is 72.1 cm³/mol. The molecule has 0 saturated carbocycles. The lowest BCUT2D eigenvalue weighted by Crippen LogP contribution is -2.54. The summed E-state index contributed by atoms with van der Waals surface area (Å²) in [4.78, 5) is 2.32. The fourth-order valence-electron chi connectivity index (χ4n) is 2.33. The van der Waals surface area contributed by atoms with E-state index in [4.69, 9.17) is 10.5 Å². The molecule has 4 heteroatoms. The van der Waals surface area contributed by atoms with Crippen molar-refractivity contribution in [3.63, 3.8) is 0 Å². The molecule has 0 radical (unpaired) electrons. The van der Waals surface area contributed by atoms with Crippen molar-refractivity contribution in [2.24, 2.45) is 5.73 Å². The Bertz CT molecular complexity index is 175. The minimum absolute atomic E-state index is 0.0254. The van der Waals surface area contributed by atoms with Crippen LogP contribution in [0.1, 0.15) is 40.0 Å². The van der Waals surface area contributed by atoms with Gasteiger partial charge in [-0.05, 0) is 19.3 Å². The minimum atomic E-state index is 0.0254. The van der Waals surface area contributed by atoms with Crippen LogP contribution < -0.4 is 5.73 Å². The lowest BCUT2D eigenvalue weighted by Gasteiger charge is -2.39. The van der Waals surface area contributed by atoms with Crippen molar-refractivity contribution in [2.75, 3.05) is 26.9 Å². The molecule has 0 aliphatic rings. The molecule has 2 atom stereocenters. The van der Waals surface area contributed by atoms with Gasteiger partial charge in [-0.25, -0.2) is 0 Å². The molecule has 2 unspecified atom stereocenters. The molecule has 0 aliphatic carbocycles. The Kier molecular flexibility index (Phi) is 9.74. The van der Waals surface area contributed by atoms with Gasteiger partial charge in [-0.15, -0.1) is 0 Å². The maximum atomic E-state index is 9.57. The number of hydrogen-bond donors (Lipinski definition) is 2. The highest BCUT2D eigenvalue weighted by molar-refractivity contribution is 4.84. The van der Waals surface area contributed by atoms with E-state index in [0.717, 1.165) is 25.8 Å². The smallest absolute Gasteiger partial charge is 0.0602 e. The van der Waals surface area contributed by atoms with Crippen LogP contribution in [0.5, 0.6) is 0 Å². The van der Waals surface area contributed by atoms with Gasteiger partial charge in [0.2, 0.25) is 0 Å². The first-order valence-corrected chi connectivity index (χ1v) is 6.77. The Labute approximate surface area is 106 Å². The van der Waals surface area contributed by atoms with E-state index < -0.39 is 0 Å². The lowest BCUT2D eigenvalue weighted by molar-refractivity contribution is 0.0385. The summed E-state index contributed by atoms with van der Waals surface area (Å²) in [7, 11) is 1.71. The number of aliphatic hydroxyl groups excluding tert-OH is 1. The van der Waals surface area contributed by atoms with Crippen LogP contribution in [-0.4, -0.2) is 55.0 Å². The van der Waals surface area contributed by atoms with E-state index in [1.165, 1.54) is 0 Å². The molecular weight excluding hydrogens is 216 g/mol. The van der Waals surface area contributed by atoms with E-state index in [-0.39, 0.29) is 18.7 Å². The summed E-state index contributed by atoms with van der Waals surface area (Å²) in [5.41, 5.74) is 6.11. The van der Waals surface area contributed by atoms with Crippen LogP contribution >= 0.6 is 0 Å². The predicted octanol–water partition coefficient (Wildman–Crippen LogP) is 1.22. The largest absolute Gasteiger partial charge is 0.395 e. The Hall–Kier alpha value is -0.160. The van der Waals surface area contributed by atoms with E-state index >= 15 is 0 Å². The van der Waals surface area contributed by atoms with Gasteiger partial charge < -0.3 is 15.6 Å². The van der Waals surface area contributed by atoms with Gasteiger partial charge in [0.25, 0.3) is 0 Å². The van der Waals surface area contributed by atoms with E-state index in [2.05, 4.69) is 25.7 Å². The molecule has 0 rings (SSSR count). The second-order valence-corrected chi connectivity index (χ2v) is 4.52. The molecule has 0 aromatic heterocycles. The molecule has 104 valence electrons. The first-order chi connectivity index (χ1) is 8.15. The van der Waals surface area contributed by atoms with Gasteiger partial charge in [0, 0.05) is 31.8 Å². The Morgan fingerprint density at radius 1 is 1.18 bits per heavy atom. The van der Waals surface area contributed by atoms with Crippen molar-refractivity contribution in [1.82, 2.24) is 4.90 Å². The number of nitrogens with zero attached hydrogens (tertiary/aromatic N) is 1. The molecule has 0 aliphatic heterocycles. The number of ether oxygens (including phenoxy) is 1. The standard InChI is InChI=1S/C13H30N2O2/c1-5-11(6-2)15(8-9-17-4)13(10-16)12(14)7-3/h11-13,16H,5-10,14H2,1-4H3. The zero-order valence-corrected chi connectivity index (χ0v) is 11.9. The molecule has 0 spiro atoms. The summed E-state index contributed by atoms with van der Waals surface area (Å²) in [5, 5.41) is 9.57. The van der Waals surface area contributed by atoms with Crippen LogP contribution in [0.4, 0.5) is 0 Å². The summed E-state index contributed by atoms with van der Waals surface area (Å²) in [5.74, 6) is 0. The molecule has 3 N–H and O–H groups in total. The maximum absolute atomic E-state index is 9.57. The number of methoxy groups -OCH3 is 1. The fourth-order valence-corrected chi connectivity index (χ4v) is 2.33. The maximum Gasteiger partial charge on any atom is 0.0602 e. The number of nitrogens with two attached hydrogens (primary N) is 1. The van der Waals surface area contributed by atoms with Gasteiger partial charge in [0.05, 0.1) is 13.2 Å². The quantitative estimate of drug-likeness (QED) is 0.608. The summed E-state index contributed by atoms with van der Waals surface area (Å²) in [6, 6.07) is 0.539. The molecule has 0 amide bonds. The summed E-state index contributed by atoms with van der Waals surface area (Å²) >= 11 is 0. The molecule has 0 saturated heterocycles. The molecule has 0 fully saturated rings. The SMILES string of the molecule is CCC(N)C(CO)N(CCOC)C(CC)CC. The van der Waals surface area contributed by atoms with Crippen molar-refractivity contribution < 1.29 is 9.84 Å². The molecule has 0 aromatic rings. The third-order valence-electron chi connectivity index (χ3n) is 3.54. The van der Waals surface area contributed by atoms with Crippen molar-refractivity contribution in [1.29, 1.82) is 0 Å². The van der Waals surface area contributed by atoms with Crippen LogP contribution in [0.3, 0.4) is 0 Å². The van der Waals surface area contributed by atoms with E-state index in [1.54, 1.807) is 7.11 Å². The first kappa shape index (κ1) is 16.8. The molecule has 0 bridgehead atoms. The van der Waals surface area contributed by atoms with Crippen molar-refractivity contribution >= 4 is 0 Å². The van der Waals surface area contributed by atoms with Crippen LogP contribution in [0, 0.1) is 0 Å². The normalized spacial score (nSPS) is 15.5. The number of hydrogen-bond acceptors (Lipinski definition) is 4. The highest BCUT2D eigenvalue weighted by atomic mass is 16.5. The minimum Gasteiger partial charge on any atom is -0.395 e. The second kappa shape index (κ2) is 9.83. The summed E-state index contributed by atoms with van der Waals surface area (Å²) in [6.45, 7) is 8.06. The first-order valence-electron chi connectivity index (χ1n) is 6.77. The van der Waals surface area contributed by atoms with Gasteiger partial charge in [-0.1, -0.05) is 20.8 Å². The Balaban J connectivity index is 4.71. The van der Waals surface area contributed by atoms with E-state index in [0.29, 0.717) is 12.6 Å².